The second-order valence-corrected chi connectivity index (χ2v) is 3.04. The summed E-state index contributed by atoms with van der Waals surface area (Å²) in [6.07, 6.45) is -1.03. The summed E-state index contributed by atoms with van der Waals surface area (Å²) in [5, 5.41) is 28.2. The maximum Gasteiger partial charge on any atom is 0.127 e. The van der Waals surface area contributed by atoms with Crippen LogP contribution in [0.25, 0.3) is 0 Å². The molecule has 0 amide bonds. The predicted octanol–water partition coefficient (Wildman–Crippen LogP) is 0.488. The molecule has 1 atom stereocenters. The van der Waals surface area contributed by atoms with Gasteiger partial charge in [-0.2, -0.15) is 0 Å². The summed E-state index contributed by atoms with van der Waals surface area (Å²) in [6.45, 7) is -1.14. The highest BCUT2D eigenvalue weighted by molar-refractivity contribution is 5.33. The summed E-state index contributed by atoms with van der Waals surface area (Å²) < 4.78 is 17.8. The van der Waals surface area contributed by atoms with E-state index in [0.717, 1.165) is 6.07 Å². The molecule has 0 bridgehead atoms. The zero-order valence-electron chi connectivity index (χ0n) is 8.02. The lowest BCUT2D eigenvalue weighted by molar-refractivity contribution is 0.0523. The van der Waals surface area contributed by atoms with Crippen molar-refractivity contribution in [3.63, 3.8) is 0 Å². The highest BCUT2D eigenvalue weighted by Crippen LogP contribution is 2.20. The number of hydrogen-bond donors (Lipinski definition) is 2. The summed E-state index contributed by atoms with van der Waals surface area (Å²) in [5.74, 6) is -0.404. The van der Waals surface area contributed by atoms with Crippen LogP contribution in [0.2, 0.25) is 0 Å². The maximum absolute atomic E-state index is 12.8. The minimum Gasteiger partial charge on any atom is -0.490 e. The van der Waals surface area contributed by atoms with E-state index in [4.69, 9.17) is 14.9 Å². The second kappa shape index (κ2) is 5.65. The van der Waals surface area contributed by atoms with Crippen LogP contribution in [0.3, 0.4) is 0 Å². The van der Waals surface area contributed by atoms with E-state index in [-0.39, 0.29) is 12.4 Å². The van der Waals surface area contributed by atoms with Gasteiger partial charge in [-0.15, -0.1) is 0 Å². The first-order valence-electron chi connectivity index (χ1n) is 4.45. The maximum atomic E-state index is 12.8. The van der Waals surface area contributed by atoms with E-state index in [2.05, 4.69) is 0 Å². The lowest BCUT2D eigenvalue weighted by Gasteiger charge is -2.12. The van der Waals surface area contributed by atoms with Crippen LogP contribution < -0.4 is 4.74 Å². The summed E-state index contributed by atoms with van der Waals surface area (Å²) in [4.78, 5) is 0. The van der Waals surface area contributed by atoms with Crippen molar-refractivity contribution < 1.29 is 24.4 Å². The van der Waals surface area contributed by atoms with Crippen molar-refractivity contribution in [2.75, 3.05) is 13.2 Å². The molecule has 2 N–H and O–H groups in total. The van der Waals surface area contributed by atoms with Gasteiger partial charge < -0.3 is 14.9 Å². The SMILES string of the molecule is [O]Cc1ccc(F)cc1OC[C@@H](O)CO. The van der Waals surface area contributed by atoms with Gasteiger partial charge >= 0.3 is 0 Å². The van der Waals surface area contributed by atoms with Crippen molar-refractivity contribution in [3.8, 4) is 5.75 Å². The molecular formula is C10H12FO4. The first-order valence-corrected chi connectivity index (χ1v) is 4.45. The van der Waals surface area contributed by atoms with Crippen molar-refractivity contribution in [1.82, 2.24) is 0 Å². The van der Waals surface area contributed by atoms with Gasteiger partial charge in [0.15, 0.2) is 0 Å². The van der Waals surface area contributed by atoms with Gasteiger partial charge in [-0.1, -0.05) is 0 Å². The quantitative estimate of drug-likeness (QED) is 0.750. The van der Waals surface area contributed by atoms with Gasteiger partial charge in [-0.25, -0.2) is 9.50 Å². The number of ether oxygens (including phenoxy) is 1. The fourth-order valence-corrected chi connectivity index (χ4v) is 1.02. The summed E-state index contributed by atoms with van der Waals surface area (Å²) in [6, 6.07) is 3.59. The largest absolute Gasteiger partial charge is 0.490 e. The molecule has 1 aromatic rings. The molecule has 0 heterocycles. The molecule has 0 aromatic heterocycles. The Kier molecular flexibility index (Phi) is 4.48. The van der Waals surface area contributed by atoms with Crippen molar-refractivity contribution in [2.45, 2.75) is 12.7 Å². The third kappa shape index (κ3) is 3.47. The summed E-state index contributed by atoms with van der Waals surface area (Å²) in [5.41, 5.74) is 0.321. The number of halogens is 1. The van der Waals surface area contributed by atoms with Gasteiger partial charge in [0, 0.05) is 11.6 Å². The monoisotopic (exact) mass is 215 g/mol. The number of aliphatic hydroxyl groups is 2. The molecule has 0 saturated carbocycles. The van der Waals surface area contributed by atoms with Crippen LogP contribution in [0.1, 0.15) is 5.56 Å². The average Bonchev–Trinajstić information content (AvgIpc) is 2.26. The van der Waals surface area contributed by atoms with Gasteiger partial charge in [-0.05, 0) is 12.1 Å². The molecule has 83 valence electrons. The Morgan fingerprint density at radius 1 is 1.47 bits per heavy atom. The molecule has 0 aliphatic carbocycles. The molecule has 0 fully saturated rings. The Morgan fingerprint density at radius 2 is 2.20 bits per heavy atom. The normalized spacial score (nSPS) is 12.5. The molecule has 4 nitrogen and oxygen atoms in total. The first-order chi connectivity index (χ1) is 7.17. The highest BCUT2D eigenvalue weighted by Gasteiger charge is 2.08. The molecule has 1 rings (SSSR count). The van der Waals surface area contributed by atoms with E-state index in [1.54, 1.807) is 0 Å². The zero-order valence-corrected chi connectivity index (χ0v) is 8.02. The van der Waals surface area contributed by atoms with Crippen LogP contribution >= 0.6 is 0 Å². The average molecular weight is 215 g/mol. The van der Waals surface area contributed by atoms with E-state index >= 15 is 0 Å². The fourth-order valence-electron chi connectivity index (χ4n) is 1.02. The molecule has 1 aromatic carbocycles. The Bertz CT molecular complexity index is 316. The minimum atomic E-state index is -1.03. The third-order valence-electron chi connectivity index (χ3n) is 1.83. The number of hydrogen-bond acceptors (Lipinski definition) is 3. The Hall–Kier alpha value is -1.17. The highest BCUT2D eigenvalue weighted by atomic mass is 19.1. The van der Waals surface area contributed by atoms with Gasteiger partial charge in [0.05, 0.1) is 6.61 Å². The molecule has 0 aliphatic rings. The van der Waals surface area contributed by atoms with Gasteiger partial charge in [0.1, 0.15) is 30.9 Å². The molecule has 0 unspecified atom stereocenters. The van der Waals surface area contributed by atoms with Crippen LogP contribution in [0, 0.1) is 5.82 Å². The van der Waals surface area contributed by atoms with E-state index < -0.39 is 25.1 Å². The topological polar surface area (TPSA) is 69.6 Å². The third-order valence-corrected chi connectivity index (χ3v) is 1.83. The molecule has 1 radical (unpaired) electrons. The minimum absolute atomic E-state index is 0.109. The van der Waals surface area contributed by atoms with Crippen molar-refractivity contribution in [1.29, 1.82) is 0 Å². The first kappa shape index (κ1) is 11.9. The zero-order chi connectivity index (χ0) is 11.3. The van der Waals surface area contributed by atoms with Crippen LogP contribution in [-0.4, -0.2) is 29.5 Å². The lowest BCUT2D eigenvalue weighted by Crippen LogP contribution is -2.21. The van der Waals surface area contributed by atoms with E-state index in [1.807, 2.05) is 0 Å². The van der Waals surface area contributed by atoms with E-state index in [1.165, 1.54) is 12.1 Å². The standard InChI is InChI=1S/C10H12FO4/c11-8-2-1-7(4-12)10(3-8)15-6-9(14)5-13/h1-3,9,13-14H,4-6H2/t9-/m0/s1. The smallest absolute Gasteiger partial charge is 0.127 e. The van der Waals surface area contributed by atoms with Crippen molar-refractivity contribution in [3.05, 3.63) is 29.6 Å². The van der Waals surface area contributed by atoms with E-state index in [0.29, 0.717) is 5.56 Å². The molecular weight excluding hydrogens is 203 g/mol. The second-order valence-electron chi connectivity index (χ2n) is 3.04. The molecule has 0 spiro atoms. The number of aliphatic hydroxyl groups excluding tert-OH is 2. The van der Waals surface area contributed by atoms with Crippen LogP contribution in [0.15, 0.2) is 18.2 Å². The van der Waals surface area contributed by atoms with Crippen molar-refractivity contribution in [2.24, 2.45) is 0 Å². The molecule has 15 heavy (non-hydrogen) atoms. The van der Waals surface area contributed by atoms with Gasteiger partial charge in [0.2, 0.25) is 0 Å². The Labute approximate surface area is 86.6 Å². The van der Waals surface area contributed by atoms with Crippen molar-refractivity contribution >= 4 is 0 Å². The summed E-state index contributed by atoms with van der Waals surface area (Å²) in [7, 11) is 0. The molecule has 0 aliphatic heterocycles. The fraction of sp³-hybridized carbons (Fsp3) is 0.400. The Balaban J connectivity index is 2.69. The number of benzene rings is 1. The van der Waals surface area contributed by atoms with Gasteiger partial charge in [-0.3, -0.25) is 0 Å². The summed E-state index contributed by atoms with van der Waals surface area (Å²) >= 11 is 0. The molecule has 5 heteroatoms. The molecule has 0 saturated heterocycles. The predicted molar refractivity (Wildman–Crippen MR) is 49.4 cm³/mol. The lowest BCUT2D eigenvalue weighted by atomic mass is 10.2. The van der Waals surface area contributed by atoms with Gasteiger partial charge in [0.25, 0.3) is 0 Å². The van der Waals surface area contributed by atoms with Crippen LogP contribution in [-0.2, 0) is 11.7 Å². The number of rotatable bonds is 5. The Morgan fingerprint density at radius 3 is 2.80 bits per heavy atom. The van der Waals surface area contributed by atoms with Crippen LogP contribution in [0.4, 0.5) is 4.39 Å². The van der Waals surface area contributed by atoms with E-state index in [9.17, 15) is 9.50 Å². The van der Waals surface area contributed by atoms with Crippen LogP contribution in [0.5, 0.6) is 5.75 Å².